The molecular weight excluding hydrogens is 817 g/mol. The van der Waals surface area contributed by atoms with Crippen molar-refractivity contribution >= 4 is 44.6 Å². The number of aromatic nitrogens is 2. The highest BCUT2D eigenvalue weighted by Gasteiger charge is 2.33. The van der Waals surface area contributed by atoms with Crippen molar-refractivity contribution in [2.75, 3.05) is 16.5 Å². The van der Waals surface area contributed by atoms with E-state index in [0.717, 1.165) is 45.1 Å². The molecule has 0 radical (unpaired) electrons. The molecule has 0 aliphatic carbocycles. The summed E-state index contributed by atoms with van der Waals surface area (Å²) in [6.07, 6.45) is 1.94. The monoisotopic (exact) mass is 878 g/mol. The summed E-state index contributed by atoms with van der Waals surface area (Å²) in [7, 11) is 0. The standard InChI is InChI=1S/C62H62N4O/c1-59(2,3)44-23-17-24-48(35-44)65-41-64(55-32-28-47(37-57(55)65)62(9,10)43-21-15-12-16-22-43)49-25-18-26-50(39-49)67-51-29-30-52-53-36-46(61(7,8)42-19-13-11-14-20-42)27-31-54(53)66(56(52)40-51)58-38-45(33-34-63-58)60(4,5)6/h11-40H,41H2,1-10H3. The normalized spacial score (nSPS) is 13.4. The van der Waals surface area contributed by atoms with E-state index in [0.29, 0.717) is 6.67 Å². The van der Waals surface area contributed by atoms with Crippen LogP contribution in [-0.4, -0.2) is 16.2 Å². The molecule has 5 heteroatoms. The van der Waals surface area contributed by atoms with Gasteiger partial charge >= 0.3 is 0 Å². The molecule has 0 N–H and O–H groups in total. The number of anilines is 4. The van der Waals surface area contributed by atoms with Crippen molar-refractivity contribution in [3.8, 4) is 17.3 Å². The Morgan fingerprint density at radius 3 is 1.64 bits per heavy atom. The van der Waals surface area contributed by atoms with E-state index in [9.17, 15) is 0 Å². The number of benzene rings is 7. The van der Waals surface area contributed by atoms with Crippen LogP contribution in [-0.2, 0) is 21.7 Å². The quantitative estimate of drug-likeness (QED) is 0.145. The minimum atomic E-state index is -0.188. The van der Waals surface area contributed by atoms with Crippen LogP contribution in [0.3, 0.4) is 0 Å². The Hall–Kier alpha value is -7.11. The van der Waals surface area contributed by atoms with Crippen LogP contribution in [0, 0.1) is 0 Å². The second-order valence-electron chi connectivity index (χ2n) is 21.5. The van der Waals surface area contributed by atoms with E-state index in [1.165, 1.54) is 50.1 Å². The predicted octanol–water partition coefficient (Wildman–Crippen LogP) is 16.5. The summed E-state index contributed by atoms with van der Waals surface area (Å²) in [5, 5.41) is 2.34. The molecule has 0 bridgehead atoms. The fourth-order valence-electron chi connectivity index (χ4n) is 9.83. The van der Waals surface area contributed by atoms with E-state index in [2.05, 4.69) is 260 Å². The molecule has 3 heterocycles. The van der Waals surface area contributed by atoms with Crippen molar-refractivity contribution in [3.05, 3.63) is 216 Å². The molecule has 0 saturated carbocycles. The maximum absolute atomic E-state index is 6.88. The van der Waals surface area contributed by atoms with Gasteiger partial charge in [-0.25, -0.2) is 4.98 Å². The molecule has 0 saturated heterocycles. The van der Waals surface area contributed by atoms with E-state index < -0.39 is 0 Å². The molecule has 0 atom stereocenters. The number of rotatable bonds is 9. The minimum absolute atomic E-state index is 0.0215. The SMILES string of the molecule is CC(C)(C)c1cccc(N2CN(c3cccc(Oc4ccc5c6cc(C(C)(C)c7ccccc7)ccc6n(-c6cc(C(C)(C)C)ccn6)c5c4)c3)c3ccc(C(C)(C)c4ccccc4)cc32)c1. The molecule has 5 nitrogen and oxygen atoms in total. The fourth-order valence-corrected chi connectivity index (χ4v) is 9.83. The van der Waals surface area contributed by atoms with E-state index in [-0.39, 0.29) is 21.7 Å². The summed E-state index contributed by atoms with van der Waals surface area (Å²) in [5.74, 6) is 2.43. The van der Waals surface area contributed by atoms with Crippen LogP contribution in [0.25, 0.3) is 27.6 Å². The van der Waals surface area contributed by atoms with Gasteiger partial charge in [0.15, 0.2) is 0 Å². The van der Waals surface area contributed by atoms with Gasteiger partial charge in [0.05, 0.1) is 22.4 Å². The third-order valence-electron chi connectivity index (χ3n) is 14.2. The molecule has 7 aromatic carbocycles. The number of hydrogen-bond donors (Lipinski definition) is 0. The van der Waals surface area contributed by atoms with Crippen LogP contribution in [0.4, 0.5) is 22.7 Å². The Balaban J connectivity index is 1.05. The van der Waals surface area contributed by atoms with Gasteiger partial charge in [0, 0.05) is 51.3 Å². The number of hydrogen-bond acceptors (Lipinski definition) is 4. The van der Waals surface area contributed by atoms with Gasteiger partial charge in [-0.15, -0.1) is 0 Å². The van der Waals surface area contributed by atoms with Crippen LogP contribution in [0.2, 0.25) is 0 Å². The topological polar surface area (TPSA) is 33.5 Å². The molecule has 9 aromatic rings. The van der Waals surface area contributed by atoms with Crippen molar-refractivity contribution in [1.29, 1.82) is 0 Å². The second kappa shape index (κ2) is 16.3. The largest absolute Gasteiger partial charge is 0.457 e. The lowest BCUT2D eigenvalue weighted by atomic mass is 9.78. The Morgan fingerprint density at radius 1 is 0.403 bits per heavy atom. The zero-order valence-electron chi connectivity index (χ0n) is 40.7. The molecule has 336 valence electrons. The van der Waals surface area contributed by atoms with Gasteiger partial charge in [-0.2, -0.15) is 0 Å². The Kier molecular flexibility index (Phi) is 10.7. The maximum atomic E-state index is 6.88. The average Bonchev–Trinajstić information content (AvgIpc) is 3.87. The van der Waals surface area contributed by atoms with Crippen LogP contribution >= 0.6 is 0 Å². The highest BCUT2D eigenvalue weighted by atomic mass is 16.5. The van der Waals surface area contributed by atoms with E-state index in [1.54, 1.807) is 0 Å². The fraction of sp³-hybridized carbons (Fsp3) is 0.242. The first-order valence-corrected chi connectivity index (χ1v) is 23.7. The van der Waals surface area contributed by atoms with Gasteiger partial charge in [0.1, 0.15) is 24.0 Å². The number of ether oxygens (including phenoxy) is 1. The third kappa shape index (κ3) is 8.05. The van der Waals surface area contributed by atoms with Gasteiger partial charge in [-0.3, -0.25) is 4.57 Å². The Bertz CT molecular complexity index is 3280. The minimum Gasteiger partial charge on any atom is -0.457 e. The second-order valence-corrected chi connectivity index (χ2v) is 21.5. The smallest absolute Gasteiger partial charge is 0.137 e. The number of fused-ring (bicyclic) bond motifs is 4. The lowest BCUT2D eigenvalue weighted by molar-refractivity contribution is 0.483. The molecule has 0 spiro atoms. The van der Waals surface area contributed by atoms with Crippen molar-refractivity contribution in [3.63, 3.8) is 0 Å². The molecule has 0 fully saturated rings. The van der Waals surface area contributed by atoms with Gasteiger partial charge in [0.2, 0.25) is 0 Å². The zero-order chi connectivity index (χ0) is 46.9. The van der Waals surface area contributed by atoms with Crippen molar-refractivity contribution in [1.82, 2.24) is 9.55 Å². The van der Waals surface area contributed by atoms with Crippen LogP contribution in [0.5, 0.6) is 11.5 Å². The number of nitrogens with zero attached hydrogens (tertiary/aromatic N) is 4. The first-order valence-electron chi connectivity index (χ1n) is 23.7. The van der Waals surface area contributed by atoms with Gasteiger partial charge in [-0.1, -0.05) is 160 Å². The highest BCUT2D eigenvalue weighted by Crippen LogP contribution is 2.48. The summed E-state index contributed by atoms with van der Waals surface area (Å²) in [6.45, 7) is 23.5. The van der Waals surface area contributed by atoms with Gasteiger partial charge in [-0.05, 0) is 117 Å². The lowest BCUT2D eigenvalue weighted by Crippen LogP contribution is -2.24. The van der Waals surface area contributed by atoms with E-state index >= 15 is 0 Å². The highest BCUT2D eigenvalue weighted by molar-refractivity contribution is 6.10. The Morgan fingerprint density at radius 2 is 0.970 bits per heavy atom. The van der Waals surface area contributed by atoms with Crippen LogP contribution in [0.15, 0.2) is 182 Å². The average molecular weight is 879 g/mol. The molecule has 10 rings (SSSR count). The molecule has 1 aliphatic rings. The Labute approximate surface area is 397 Å². The molecule has 0 unspecified atom stereocenters. The first kappa shape index (κ1) is 43.8. The lowest BCUT2D eigenvalue weighted by Gasteiger charge is -2.28. The predicted molar refractivity (Wildman–Crippen MR) is 282 cm³/mol. The maximum Gasteiger partial charge on any atom is 0.137 e. The van der Waals surface area contributed by atoms with Gasteiger partial charge < -0.3 is 14.5 Å². The molecule has 2 aromatic heterocycles. The van der Waals surface area contributed by atoms with E-state index in [4.69, 9.17) is 9.72 Å². The molecule has 0 amide bonds. The van der Waals surface area contributed by atoms with E-state index in [1.807, 2.05) is 6.20 Å². The summed E-state index contributed by atoms with van der Waals surface area (Å²) in [4.78, 5) is 9.87. The zero-order valence-corrected chi connectivity index (χ0v) is 40.7. The van der Waals surface area contributed by atoms with Crippen LogP contribution in [0.1, 0.15) is 103 Å². The van der Waals surface area contributed by atoms with Crippen molar-refractivity contribution in [2.45, 2.75) is 90.9 Å². The molecule has 67 heavy (non-hydrogen) atoms. The van der Waals surface area contributed by atoms with Gasteiger partial charge in [0.25, 0.3) is 0 Å². The van der Waals surface area contributed by atoms with Crippen LogP contribution < -0.4 is 14.5 Å². The van der Waals surface area contributed by atoms with Crippen molar-refractivity contribution in [2.24, 2.45) is 0 Å². The molecular formula is C62H62N4O. The summed E-state index contributed by atoms with van der Waals surface area (Å²) in [6, 6.07) is 64.0. The summed E-state index contributed by atoms with van der Waals surface area (Å²) >= 11 is 0. The molecule has 1 aliphatic heterocycles. The third-order valence-corrected chi connectivity index (χ3v) is 14.2. The summed E-state index contributed by atoms with van der Waals surface area (Å²) < 4.78 is 9.18. The first-order chi connectivity index (χ1) is 32.0. The van der Waals surface area contributed by atoms with Crippen molar-refractivity contribution < 1.29 is 4.74 Å². The number of pyridine rings is 1. The summed E-state index contributed by atoms with van der Waals surface area (Å²) in [5.41, 5.74) is 14.0.